The molecule has 4 heteroatoms. The molecule has 1 aliphatic rings. The van der Waals surface area contributed by atoms with Gasteiger partial charge in [-0.05, 0) is 37.8 Å². The summed E-state index contributed by atoms with van der Waals surface area (Å²) in [4.78, 5) is 14.4. The second kappa shape index (κ2) is 6.44. The van der Waals surface area contributed by atoms with E-state index in [1.54, 1.807) is 12.1 Å². The first-order valence-electron chi connectivity index (χ1n) is 6.35. The molecule has 1 aromatic carbocycles. The van der Waals surface area contributed by atoms with Crippen LogP contribution in [0.25, 0.3) is 0 Å². The number of hydrogen-bond donors (Lipinski definition) is 0. The molecule has 1 heterocycles. The highest BCUT2D eigenvalue weighted by Crippen LogP contribution is 2.26. The SMILES string of the molecule is O=C(c1ccccc1Cl)N1CCCC1CCCCl. The molecule has 1 unspecified atom stereocenters. The molecule has 0 spiro atoms. The van der Waals surface area contributed by atoms with Crippen molar-refractivity contribution in [1.29, 1.82) is 0 Å². The molecule has 98 valence electrons. The quantitative estimate of drug-likeness (QED) is 0.767. The summed E-state index contributed by atoms with van der Waals surface area (Å²) in [5.74, 6) is 0.711. The van der Waals surface area contributed by atoms with Gasteiger partial charge in [0.15, 0.2) is 0 Å². The maximum Gasteiger partial charge on any atom is 0.255 e. The molecule has 2 nitrogen and oxygen atoms in total. The lowest BCUT2D eigenvalue weighted by Gasteiger charge is -2.25. The van der Waals surface area contributed by atoms with Crippen molar-refractivity contribution in [3.63, 3.8) is 0 Å². The van der Waals surface area contributed by atoms with Gasteiger partial charge in [-0.25, -0.2) is 0 Å². The number of likely N-dealkylation sites (tertiary alicyclic amines) is 1. The molecule has 1 aromatic rings. The first kappa shape index (κ1) is 13.7. The Kier molecular flexibility index (Phi) is 4.90. The zero-order chi connectivity index (χ0) is 13.0. The average molecular weight is 286 g/mol. The zero-order valence-electron chi connectivity index (χ0n) is 10.2. The highest BCUT2D eigenvalue weighted by molar-refractivity contribution is 6.33. The lowest BCUT2D eigenvalue weighted by Crippen LogP contribution is -2.35. The van der Waals surface area contributed by atoms with Crippen LogP contribution < -0.4 is 0 Å². The summed E-state index contributed by atoms with van der Waals surface area (Å²) in [5.41, 5.74) is 0.608. The third-order valence-electron chi connectivity index (χ3n) is 3.41. The van der Waals surface area contributed by atoms with Gasteiger partial charge in [0.05, 0.1) is 10.6 Å². The van der Waals surface area contributed by atoms with Gasteiger partial charge in [-0.15, -0.1) is 11.6 Å². The lowest BCUT2D eigenvalue weighted by atomic mass is 10.1. The summed E-state index contributed by atoms with van der Waals surface area (Å²) in [6.07, 6.45) is 4.09. The van der Waals surface area contributed by atoms with E-state index in [0.29, 0.717) is 22.5 Å². The Morgan fingerprint density at radius 2 is 2.17 bits per heavy atom. The summed E-state index contributed by atoms with van der Waals surface area (Å²) >= 11 is 11.8. The van der Waals surface area contributed by atoms with E-state index >= 15 is 0 Å². The Morgan fingerprint density at radius 1 is 1.39 bits per heavy atom. The Morgan fingerprint density at radius 3 is 2.89 bits per heavy atom. The molecule has 0 radical (unpaired) electrons. The van der Waals surface area contributed by atoms with Crippen molar-refractivity contribution in [3.8, 4) is 0 Å². The maximum atomic E-state index is 12.4. The van der Waals surface area contributed by atoms with Gasteiger partial charge in [0.1, 0.15) is 0 Å². The van der Waals surface area contributed by atoms with Crippen LogP contribution in [0.5, 0.6) is 0 Å². The predicted octanol–water partition coefficient (Wildman–Crippen LogP) is 3.96. The Balaban J connectivity index is 2.10. The number of benzene rings is 1. The van der Waals surface area contributed by atoms with Gasteiger partial charge in [0.25, 0.3) is 5.91 Å². The molecular formula is C14H17Cl2NO. The van der Waals surface area contributed by atoms with E-state index in [2.05, 4.69) is 0 Å². The van der Waals surface area contributed by atoms with E-state index in [4.69, 9.17) is 23.2 Å². The van der Waals surface area contributed by atoms with Crippen LogP contribution in [0.1, 0.15) is 36.0 Å². The number of amides is 1. The van der Waals surface area contributed by atoms with Crippen molar-refractivity contribution >= 4 is 29.1 Å². The second-order valence-electron chi connectivity index (χ2n) is 4.61. The Hall–Kier alpha value is -0.730. The van der Waals surface area contributed by atoms with Gasteiger partial charge >= 0.3 is 0 Å². The Bertz CT molecular complexity index is 422. The van der Waals surface area contributed by atoms with Gasteiger partial charge in [-0.3, -0.25) is 4.79 Å². The minimum absolute atomic E-state index is 0.0534. The summed E-state index contributed by atoms with van der Waals surface area (Å²) in [6.45, 7) is 0.830. The number of carbonyl (C=O) groups excluding carboxylic acids is 1. The highest BCUT2D eigenvalue weighted by Gasteiger charge is 2.29. The molecule has 0 aliphatic carbocycles. The third-order valence-corrected chi connectivity index (χ3v) is 4.01. The van der Waals surface area contributed by atoms with Crippen LogP contribution in [0.15, 0.2) is 24.3 Å². The van der Waals surface area contributed by atoms with Gasteiger partial charge in [0.2, 0.25) is 0 Å². The molecule has 1 atom stereocenters. The van der Waals surface area contributed by atoms with E-state index in [0.717, 1.165) is 32.2 Å². The molecule has 0 aromatic heterocycles. The van der Waals surface area contributed by atoms with Crippen LogP contribution in [0.4, 0.5) is 0 Å². The fraction of sp³-hybridized carbons (Fsp3) is 0.500. The number of carbonyl (C=O) groups is 1. The summed E-state index contributed by atoms with van der Waals surface area (Å²) < 4.78 is 0. The van der Waals surface area contributed by atoms with E-state index in [1.165, 1.54) is 0 Å². The Labute approximate surface area is 118 Å². The van der Waals surface area contributed by atoms with E-state index < -0.39 is 0 Å². The molecule has 0 saturated carbocycles. The molecule has 1 amide bonds. The average Bonchev–Trinajstić information content (AvgIpc) is 2.84. The zero-order valence-corrected chi connectivity index (χ0v) is 11.8. The standard InChI is InChI=1S/C14H17Cl2NO/c15-9-3-5-11-6-4-10-17(11)14(18)12-7-1-2-8-13(12)16/h1-2,7-8,11H,3-6,9-10H2. The number of alkyl halides is 1. The van der Waals surface area contributed by atoms with Gasteiger partial charge in [-0.1, -0.05) is 23.7 Å². The van der Waals surface area contributed by atoms with Crippen molar-refractivity contribution in [2.75, 3.05) is 12.4 Å². The van der Waals surface area contributed by atoms with Crippen LogP contribution in [0, 0.1) is 0 Å². The largest absolute Gasteiger partial charge is 0.336 e. The number of nitrogens with zero attached hydrogens (tertiary/aromatic N) is 1. The first-order chi connectivity index (χ1) is 8.74. The smallest absolute Gasteiger partial charge is 0.255 e. The third kappa shape index (κ3) is 2.99. The van der Waals surface area contributed by atoms with Crippen LogP contribution in [-0.4, -0.2) is 29.3 Å². The normalized spacial score (nSPS) is 19.2. The molecule has 0 bridgehead atoms. The topological polar surface area (TPSA) is 20.3 Å². The molecule has 2 rings (SSSR count). The van der Waals surface area contributed by atoms with Crippen molar-refractivity contribution in [3.05, 3.63) is 34.9 Å². The minimum Gasteiger partial charge on any atom is -0.336 e. The van der Waals surface area contributed by atoms with Gasteiger partial charge in [0, 0.05) is 18.5 Å². The molecule has 1 saturated heterocycles. The fourth-order valence-corrected chi connectivity index (χ4v) is 2.88. The van der Waals surface area contributed by atoms with E-state index in [1.807, 2.05) is 17.0 Å². The van der Waals surface area contributed by atoms with Crippen molar-refractivity contribution in [2.24, 2.45) is 0 Å². The van der Waals surface area contributed by atoms with Gasteiger partial charge < -0.3 is 4.90 Å². The van der Waals surface area contributed by atoms with E-state index in [-0.39, 0.29) is 5.91 Å². The number of halogens is 2. The van der Waals surface area contributed by atoms with Gasteiger partial charge in [-0.2, -0.15) is 0 Å². The fourth-order valence-electron chi connectivity index (χ4n) is 2.51. The summed E-state index contributed by atoms with van der Waals surface area (Å²) in [6, 6.07) is 7.57. The monoisotopic (exact) mass is 285 g/mol. The molecule has 1 aliphatic heterocycles. The molecular weight excluding hydrogens is 269 g/mol. The van der Waals surface area contributed by atoms with Crippen LogP contribution in [0.3, 0.4) is 0 Å². The first-order valence-corrected chi connectivity index (χ1v) is 7.26. The minimum atomic E-state index is 0.0534. The number of hydrogen-bond acceptors (Lipinski definition) is 1. The van der Waals surface area contributed by atoms with Crippen LogP contribution in [0.2, 0.25) is 5.02 Å². The van der Waals surface area contributed by atoms with Crippen molar-refractivity contribution < 1.29 is 4.79 Å². The highest BCUT2D eigenvalue weighted by atomic mass is 35.5. The van der Waals surface area contributed by atoms with Crippen molar-refractivity contribution in [2.45, 2.75) is 31.7 Å². The van der Waals surface area contributed by atoms with Crippen LogP contribution >= 0.6 is 23.2 Å². The molecule has 1 fully saturated rings. The van der Waals surface area contributed by atoms with E-state index in [9.17, 15) is 4.79 Å². The number of rotatable bonds is 4. The maximum absolute atomic E-state index is 12.4. The lowest BCUT2D eigenvalue weighted by molar-refractivity contribution is 0.0730. The van der Waals surface area contributed by atoms with Crippen molar-refractivity contribution in [1.82, 2.24) is 4.90 Å². The molecule has 0 N–H and O–H groups in total. The van der Waals surface area contributed by atoms with Crippen LogP contribution in [-0.2, 0) is 0 Å². The summed E-state index contributed by atoms with van der Waals surface area (Å²) in [7, 11) is 0. The molecule has 18 heavy (non-hydrogen) atoms. The predicted molar refractivity (Wildman–Crippen MR) is 75.5 cm³/mol. The second-order valence-corrected chi connectivity index (χ2v) is 5.39. The summed E-state index contributed by atoms with van der Waals surface area (Å²) in [5, 5.41) is 0.533.